The normalized spacial score (nSPS) is 29.6. The summed E-state index contributed by atoms with van der Waals surface area (Å²) in [7, 11) is 0. The van der Waals surface area contributed by atoms with Crippen molar-refractivity contribution in [1.82, 2.24) is 10.2 Å². The van der Waals surface area contributed by atoms with E-state index in [2.05, 4.69) is 17.1 Å². The van der Waals surface area contributed by atoms with Crippen molar-refractivity contribution in [1.29, 1.82) is 0 Å². The number of likely N-dealkylation sites (tertiary alicyclic amines) is 1. The summed E-state index contributed by atoms with van der Waals surface area (Å²) in [6.07, 6.45) is 6.28. The van der Waals surface area contributed by atoms with E-state index < -0.39 is 0 Å². The summed E-state index contributed by atoms with van der Waals surface area (Å²) in [4.78, 5) is 14.4. The second kappa shape index (κ2) is 4.27. The van der Waals surface area contributed by atoms with Gasteiger partial charge in [-0.1, -0.05) is 6.92 Å². The zero-order valence-corrected chi connectivity index (χ0v) is 10.9. The van der Waals surface area contributed by atoms with Gasteiger partial charge in [0.15, 0.2) is 0 Å². The van der Waals surface area contributed by atoms with Gasteiger partial charge in [-0.3, -0.25) is 4.79 Å². The molecule has 1 N–H and O–H groups in total. The van der Waals surface area contributed by atoms with Crippen molar-refractivity contribution in [2.45, 2.75) is 39.0 Å². The Morgan fingerprint density at radius 1 is 1.29 bits per heavy atom. The maximum Gasteiger partial charge on any atom is 0.225 e. The van der Waals surface area contributed by atoms with Crippen molar-refractivity contribution in [3.8, 4) is 0 Å². The van der Waals surface area contributed by atoms with Crippen molar-refractivity contribution < 1.29 is 4.79 Å². The minimum Gasteiger partial charge on any atom is -0.342 e. The third kappa shape index (κ3) is 2.22. The largest absolute Gasteiger partial charge is 0.342 e. The van der Waals surface area contributed by atoms with Gasteiger partial charge in [-0.05, 0) is 50.0 Å². The van der Waals surface area contributed by atoms with Gasteiger partial charge in [0.2, 0.25) is 5.91 Å². The molecule has 3 fully saturated rings. The quantitative estimate of drug-likeness (QED) is 0.790. The maximum absolute atomic E-state index is 12.3. The highest BCUT2D eigenvalue weighted by atomic mass is 16.2. The number of carbonyl (C=O) groups excluding carboxylic acids is 1. The van der Waals surface area contributed by atoms with Gasteiger partial charge < -0.3 is 10.2 Å². The molecule has 1 spiro atoms. The molecule has 17 heavy (non-hydrogen) atoms. The predicted molar refractivity (Wildman–Crippen MR) is 67.6 cm³/mol. The topological polar surface area (TPSA) is 32.3 Å². The van der Waals surface area contributed by atoms with Gasteiger partial charge in [-0.2, -0.15) is 0 Å². The van der Waals surface area contributed by atoms with Crippen LogP contribution in [-0.2, 0) is 4.79 Å². The predicted octanol–water partition coefficient (Wildman–Crippen LogP) is 1.63. The fourth-order valence-electron chi connectivity index (χ4n) is 3.51. The number of hydrogen-bond donors (Lipinski definition) is 1. The molecule has 96 valence electrons. The van der Waals surface area contributed by atoms with Crippen LogP contribution in [0.3, 0.4) is 0 Å². The van der Waals surface area contributed by atoms with Crippen molar-refractivity contribution in [2.24, 2.45) is 17.3 Å². The molecule has 2 saturated heterocycles. The third-order valence-corrected chi connectivity index (χ3v) is 5.19. The minimum atomic E-state index is 0.283. The fraction of sp³-hybridized carbons (Fsp3) is 0.929. The first-order valence-electron chi connectivity index (χ1n) is 7.20. The Hall–Kier alpha value is -0.570. The molecule has 1 aliphatic carbocycles. The van der Waals surface area contributed by atoms with Crippen LogP contribution in [-0.4, -0.2) is 37.0 Å². The number of nitrogens with one attached hydrogen (secondary N) is 1. The summed E-state index contributed by atoms with van der Waals surface area (Å²) in [6, 6.07) is 0. The molecule has 0 radical (unpaired) electrons. The highest BCUT2D eigenvalue weighted by Crippen LogP contribution is 2.40. The summed E-state index contributed by atoms with van der Waals surface area (Å²) < 4.78 is 0. The van der Waals surface area contributed by atoms with Gasteiger partial charge in [0.25, 0.3) is 0 Å². The molecular weight excluding hydrogens is 212 g/mol. The zero-order chi connectivity index (χ0) is 11.9. The second-order valence-electron chi connectivity index (χ2n) is 6.38. The van der Waals surface area contributed by atoms with Crippen LogP contribution in [0.1, 0.15) is 39.0 Å². The van der Waals surface area contributed by atoms with Gasteiger partial charge in [-0.25, -0.2) is 0 Å². The van der Waals surface area contributed by atoms with E-state index in [1.54, 1.807) is 0 Å². The Bertz CT molecular complexity index is 295. The molecule has 0 aromatic carbocycles. The van der Waals surface area contributed by atoms with Crippen LogP contribution in [0.15, 0.2) is 0 Å². The Kier molecular flexibility index (Phi) is 2.89. The van der Waals surface area contributed by atoms with Gasteiger partial charge >= 0.3 is 0 Å². The van der Waals surface area contributed by atoms with E-state index in [1.807, 2.05) is 0 Å². The number of hydrogen-bond acceptors (Lipinski definition) is 2. The van der Waals surface area contributed by atoms with E-state index in [0.29, 0.717) is 17.2 Å². The SMILES string of the molecule is CC(C(=O)N1CCC2(CCNC2)CC1)C1CC1. The van der Waals surface area contributed by atoms with Crippen LogP contribution in [0.5, 0.6) is 0 Å². The van der Waals surface area contributed by atoms with Crippen LogP contribution in [0.4, 0.5) is 0 Å². The Balaban J connectivity index is 1.55. The van der Waals surface area contributed by atoms with Crippen LogP contribution < -0.4 is 5.32 Å². The van der Waals surface area contributed by atoms with Gasteiger partial charge in [-0.15, -0.1) is 0 Å². The lowest BCUT2D eigenvalue weighted by Gasteiger charge is -2.39. The molecule has 0 aromatic heterocycles. The van der Waals surface area contributed by atoms with Gasteiger partial charge in [0.1, 0.15) is 0 Å². The van der Waals surface area contributed by atoms with E-state index in [9.17, 15) is 4.79 Å². The first kappa shape index (κ1) is 11.5. The number of piperidine rings is 1. The van der Waals surface area contributed by atoms with Crippen LogP contribution >= 0.6 is 0 Å². The molecule has 1 saturated carbocycles. The standard InChI is InChI=1S/C14H24N2O/c1-11(12-2-3-12)13(17)16-8-5-14(6-9-16)4-7-15-10-14/h11-12,15H,2-10H2,1H3. The fourth-order valence-corrected chi connectivity index (χ4v) is 3.51. The highest BCUT2D eigenvalue weighted by molar-refractivity contribution is 5.79. The summed E-state index contributed by atoms with van der Waals surface area (Å²) in [6.45, 7) is 6.47. The van der Waals surface area contributed by atoms with E-state index in [4.69, 9.17) is 0 Å². The zero-order valence-electron chi connectivity index (χ0n) is 10.9. The van der Waals surface area contributed by atoms with E-state index in [1.165, 1.54) is 45.2 Å². The van der Waals surface area contributed by atoms with E-state index in [0.717, 1.165) is 13.1 Å². The van der Waals surface area contributed by atoms with E-state index >= 15 is 0 Å². The molecule has 2 aliphatic heterocycles. The summed E-state index contributed by atoms with van der Waals surface area (Å²) >= 11 is 0. The van der Waals surface area contributed by atoms with Crippen molar-refractivity contribution in [2.75, 3.05) is 26.2 Å². The molecular formula is C14H24N2O. The first-order chi connectivity index (χ1) is 8.20. The lowest BCUT2D eigenvalue weighted by molar-refractivity contribution is -0.137. The molecule has 1 amide bonds. The molecule has 3 heteroatoms. The van der Waals surface area contributed by atoms with Gasteiger partial charge in [0, 0.05) is 25.6 Å². The number of amides is 1. The summed E-state index contributed by atoms with van der Waals surface area (Å²) in [5.74, 6) is 1.41. The highest BCUT2D eigenvalue weighted by Gasteiger charge is 2.40. The lowest BCUT2D eigenvalue weighted by atomic mass is 9.77. The smallest absolute Gasteiger partial charge is 0.225 e. The molecule has 0 aromatic rings. The summed E-state index contributed by atoms with van der Waals surface area (Å²) in [5.41, 5.74) is 0.527. The van der Waals surface area contributed by atoms with Crippen molar-refractivity contribution in [3.63, 3.8) is 0 Å². The molecule has 2 heterocycles. The Morgan fingerprint density at radius 2 is 2.00 bits per heavy atom. The van der Waals surface area contributed by atoms with Gasteiger partial charge in [0.05, 0.1) is 0 Å². The molecule has 0 bridgehead atoms. The van der Waals surface area contributed by atoms with E-state index in [-0.39, 0.29) is 5.92 Å². The van der Waals surface area contributed by atoms with Crippen molar-refractivity contribution >= 4 is 5.91 Å². The number of rotatable bonds is 2. The number of nitrogens with zero attached hydrogens (tertiary/aromatic N) is 1. The molecule has 3 rings (SSSR count). The average molecular weight is 236 g/mol. The summed E-state index contributed by atoms with van der Waals surface area (Å²) in [5, 5.41) is 3.47. The molecule has 3 nitrogen and oxygen atoms in total. The third-order valence-electron chi connectivity index (χ3n) is 5.19. The van der Waals surface area contributed by atoms with Crippen molar-refractivity contribution in [3.05, 3.63) is 0 Å². The second-order valence-corrected chi connectivity index (χ2v) is 6.38. The molecule has 1 atom stereocenters. The molecule has 3 aliphatic rings. The van der Waals surface area contributed by atoms with Crippen LogP contribution in [0.25, 0.3) is 0 Å². The first-order valence-corrected chi connectivity index (χ1v) is 7.20. The average Bonchev–Trinajstić information content (AvgIpc) is 3.11. The minimum absolute atomic E-state index is 0.283. The Morgan fingerprint density at radius 3 is 2.53 bits per heavy atom. The monoisotopic (exact) mass is 236 g/mol. The Labute approximate surface area is 104 Å². The van der Waals surface area contributed by atoms with Crippen LogP contribution in [0, 0.1) is 17.3 Å². The lowest BCUT2D eigenvalue weighted by Crippen LogP contribution is -2.46. The number of carbonyl (C=O) groups is 1. The molecule has 1 unspecified atom stereocenters. The van der Waals surface area contributed by atoms with Crippen LogP contribution in [0.2, 0.25) is 0 Å². The maximum atomic E-state index is 12.3.